The average molecular weight is 231 g/mol. The Hall–Kier alpha value is -1.09. The Morgan fingerprint density at radius 2 is 1.93 bits per heavy atom. The van der Waals surface area contributed by atoms with Crippen molar-refractivity contribution in [2.45, 2.75) is 13.8 Å². The number of carbonyl (C=O) groups is 1. The smallest absolute Gasteiger partial charge is 0.230 e. The van der Waals surface area contributed by atoms with E-state index in [1.54, 1.807) is 13.8 Å². The normalized spacial score (nSPS) is 11.2. The van der Waals surface area contributed by atoms with E-state index >= 15 is 0 Å². The molecule has 0 saturated heterocycles. The molecule has 0 amide bonds. The summed E-state index contributed by atoms with van der Waals surface area (Å²) in [4.78, 5) is 11.0. The van der Waals surface area contributed by atoms with Crippen molar-refractivity contribution in [3.8, 4) is 5.75 Å². The molecule has 0 bridgehead atoms. The second-order valence-electron chi connectivity index (χ2n) is 3.90. The van der Waals surface area contributed by atoms with Gasteiger partial charge in [-0.2, -0.15) is 0 Å². The van der Waals surface area contributed by atoms with Crippen LogP contribution in [0.3, 0.4) is 0 Å². The number of ether oxygens (including phenoxy) is 1. The minimum absolute atomic E-state index is 0.168. The molecule has 0 aliphatic carbocycles. The monoisotopic (exact) mass is 230 g/mol. The van der Waals surface area contributed by atoms with Crippen molar-refractivity contribution in [1.29, 1.82) is 0 Å². The average Bonchev–Trinajstić information content (AvgIpc) is 2.17. The van der Waals surface area contributed by atoms with E-state index < -0.39 is 10.7 Å². The quantitative estimate of drug-likeness (QED) is 0.744. The molecule has 0 aliphatic rings. The van der Waals surface area contributed by atoms with Gasteiger partial charge < -0.3 is 4.74 Å². The molecule has 0 N–H and O–H groups in total. The fourth-order valence-corrected chi connectivity index (χ4v) is 0.906. The fourth-order valence-electron chi connectivity index (χ4n) is 0.851. The first-order valence-electron chi connectivity index (χ1n) is 4.50. The summed E-state index contributed by atoms with van der Waals surface area (Å²) < 4.78 is 17.9. The third kappa shape index (κ3) is 3.51. The van der Waals surface area contributed by atoms with Gasteiger partial charge in [0.1, 0.15) is 18.2 Å². The number of halogens is 2. The molecule has 2 nitrogen and oxygen atoms in total. The van der Waals surface area contributed by atoms with Crippen LogP contribution in [0.4, 0.5) is 4.39 Å². The van der Waals surface area contributed by atoms with Crippen molar-refractivity contribution in [1.82, 2.24) is 0 Å². The van der Waals surface area contributed by atoms with Crippen LogP contribution < -0.4 is 4.74 Å². The summed E-state index contributed by atoms with van der Waals surface area (Å²) in [5, 5.41) is -0.454. The Bertz CT molecular complexity index is 346. The first-order chi connectivity index (χ1) is 6.92. The van der Waals surface area contributed by atoms with Gasteiger partial charge in [-0.3, -0.25) is 4.79 Å². The third-order valence-electron chi connectivity index (χ3n) is 1.95. The van der Waals surface area contributed by atoms with E-state index in [0.29, 0.717) is 5.75 Å². The summed E-state index contributed by atoms with van der Waals surface area (Å²) >= 11 is 5.38. The number of hydrogen-bond acceptors (Lipinski definition) is 2. The van der Waals surface area contributed by atoms with Gasteiger partial charge >= 0.3 is 0 Å². The predicted molar refractivity (Wildman–Crippen MR) is 56.5 cm³/mol. The molecule has 0 heterocycles. The number of hydrogen-bond donors (Lipinski definition) is 0. The van der Waals surface area contributed by atoms with Crippen molar-refractivity contribution in [2.24, 2.45) is 5.41 Å². The minimum Gasteiger partial charge on any atom is -0.493 e. The third-order valence-corrected chi connectivity index (χ3v) is 2.46. The van der Waals surface area contributed by atoms with Gasteiger partial charge in [-0.05, 0) is 49.7 Å². The van der Waals surface area contributed by atoms with E-state index in [1.165, 1.54) is 24.3 Å². The maximum absolute atomic E-state index is 12.6. The van der Waals surface area contributed by atoms with Gasteiger partial charge in [-0.1, -0.05) is 0 Å². The topological polar surface area (TPSA) is 26.3 Å². The standard InChI is InChI=1S/C11H12ClFO2/c1-11(2,10(12)14)7-15-9-5-3-8(13)4-6-9/h3-6H,7H2,1-2H3. The molecule has 0 aliphatic heterocycles. The zero-order valence-corrected chi connectivity index (χ0v) is 9.34. The van der Waals surface area contributed by atoms with Gasteiger partial charge in [0, 0.05) is 0 Å². The second kappa shape index (κ2) is 4.62. The number of rotatable bonds is 4. The van der Waals surface area contributed by atoms with Crippen LogP contribution in [-0.2, 0) is 4.79 Å². The first-order valence-corrected chi connectivity index (χ1v) is 4.88. The Balaban J connectivity index is 2.57. The van der Waals surface area contributed by atoms with Crippen molar-refractivity contribution in [3.63, 3.8) is 0 Å². The Morgan fingerprint density at radius 1 is 1.40 bits per heavy atom. The van der Waals surface area contributed by atoms with Crippen LogP contribution in [0.15, 0.2) is 24.3 Å². The molecule has 0 aromatic heterocycles. The molecule has 0 atom stereocenters. The first kappa shape index (κ1) is 12.0. The summed E-state index contributed by atoms with van der Waals surface area (Å²) in [6.07, 6.45) is 0. The molecule has 0 radical (unpaired) electrons. The minimum atomic E-state index is -0.740. The van der Waals surface area contributed by atoms with Crippen LogP contribution in [0.5, 0.6) is 5.75 Å². The molecular weight excluding hydrogens is 219 g/mol. The largest absolute Gasteiger partial charge is 0.493 e. The number of benzene rings is 1. The van der Waals surface area contributed by atoms with Crippen LogP contribution in [0.1, 0.15) is 13.8 Å². The lowest BCUT2D eigenvalue weighted by molar-refractivity contribution is -0.120. The molecule has 1 rings (SSSR count). The predicted octanol–water partition coefficient (Wildman–Crippen LogP) is 3.00. The highest BCUT2D eigenvalue weighted by atomic mass is 35.5. The lowest BCUT2D eigenvalue weighted by Crippen LogP contribution is -2.27. The van der Waals surface area contributed by atoms with Gasteiger partial charge in [0.2, 0.25) is 5.24 Å². The van der Waals surface area contributed by atoms with Crippen LogP contribution in [0.2, 0.25) is 0 Å². The molecule has 0 spiro atoms. The van der Waals surface area contributed by atoms with Crippen molar-refractivity contribution in [3.05, 3.63) is 30.1 Å². The fraction of sp³-hybridized carbons (Fsp3) is 0.364. The molecule has 0 fully saturated rings. The summed E-state index contributed by atoms with van der Waals surface area (Å²) in [6, 6.07) is 5.60. The molecule has 4 heteroatoms. The van der Waals surface area contributed by atoms with Gasteiger partial charge in [0.05, 0.1) is 5.41 Å². The second-order valence-corrected chi connectivity index (χ2v) is 4.24. The van der Waals surface area contributed by atoms with Crippen LogP contribution in [0, 0.1) is 11.2 Å². The molecule has 82 valence electrons. The van der Waals surface area contributed by atoms with E-state index in [2.05, 4.69) is 0 Å². The molecule has 0 saturated carbocycles. The van der Waals surface area contributed by atoms with Crippen molar-refractivity contribution >= 4 is 16.8 Å². The summed E-state index contributed by atoms with van der Waals surface area (Å²) in [5.41, 5.74) is -0.740. The molecule has 1 aromatic carbocycles. The Kier molecular flexibility index (Phi) is 3.69. The van der Waals surface area contributed by atoms with E-state index in [1.807, 2.05) is 0 Å². The maximum Gasteiger partial charge on any atom is 0.230 e. The summed E-state index contributed by atoms with van der Waals surface area (Å²) in [6.45, 7) is 3.54. The van der Waals surface area contributed by atoms with Crippen molar-refractivity contribution in [2.75, 3.05) is 6.61 Å². The summed E-state index contributed by atoms with van der Waals surface area (Å²) in [5.74, 6) is 0.192. The van der Waals surface area contributed by atoms with Gasteiger partial charge in [0.15, 0.2) is 0 Å². The van der Waals surface area contributed by atoms with Crippen LogP contribution in [-0.4, -0.2) is 11.8 Å². The van der Waals surface area contributed by atoms with E-state index in [-0.39, 0.29) is 12.4 Å². The van der Waals surface area contributed by atoms with E-state index in [0.717, 1.165) is 0 Å². The van der Waals surface area contributed by atoms with Crippen LogP contribution >= 0.6 is 11.6 Å². The van der Waals surface area contributed by atoms with Gasteiger partial charge in [-0.15, -0.1) is 0 Å². The summed E-state index contributed by atoms with van der Waals surface area (Å²) in [7, 11) is 0. The molecule has 0 unspecified atom stereocenters. The highest BCUT2D eigenvalue weighted by Gasteiger charge is 2.26. The van der Waals surface area contributed by atoms with E-state index in [4.69, 9.17) is 16.3 Å². The molecular formula is C11H12ClFO2. The molecule has 1 aromatic rings. The lowest BCUT2D eigenvalue weighted by Gasteiger charge is -2.19. The Morgan fingerprint density at radius 3 is 2.40 bits per heavy atom. The Labute approximate surface area is 93.0 Å². The van der Waals surface area contributed by atoms with E-state index in [9.17, 15) is 9.18 Å². The van der Waals surface area contributed by atoms with Gasteiger partial charge in [-0.25, -0.2) is 4.39 Å². The van der Waals surface area contributed by atoms with Crippen LogP contribution in [0.25, 0.3) is 0 Å². The zero-order valence-electron chi connectivity index (χ0n) is 8.59. The SMILES string of the molecule is CC(C)(COc1ccc(F)cc1)C(=O)Cl. The van der Waals surface area contributed by atoms with Gasteiger partial charge in [0.25, 0.3) is 0 Å². The highest BCUT2D eigenvalue weighted by molar-refractivity contribution is 6.64. The highest BCUT2D eigenvalue weighted by Crippen LogP contribution is 2.21. The number of carbonyl (C=O) groups excluding carboxylic acids is 1. The zero-order chi connectivity index (χ0) is 11.5. The maximum atomic E-state index is 12.6. The van der Waals surface area contributed by atoms with Crippen molar-refractivity contribution < 1.29 is 13.9 Å². The lowest BCUT2D eigenvalue weighted by atomic mass is 9.97. The molecule has 15 heavy (non-hydrogen) atoms.